The van der Waals surface area contributed by atoms with Gasteiger partial charge < -0.3 is 5.32 Å². The Labute approximate surface area is 104 Å². The average molecular weight is 252 g/mol. The largest absolute Gasteiger partial charge is 0.338 e. The summed E-state index contributed by atoms with van der Waals surface area (Å²) < 4.78 is 13.5. The molecule has 0 unspecified atom stereocenters. The first-order valence-corrected chi connectivity index (χ1v) is 5.47. The van der Waals surface area contributed by atoms with E-state index < -0.39 is 0 Å². The molecule has 2 aromatic rings. The molecule has 0 amide bonds. The van der Waals surface area contributed by atoms with Crippen LogP contribution < -0.4 is 5.32 Å². The molecule has 0 aliphatic heterocycles. The highest BCUT2D eigenvalue weighted by Crippen LogP contribution is 2.21. The van der Waals surface area contributed by atoms with Gasteiger partial charge in [0.15, 0.2) is 0 Å². The van der Waals surface area contributed by atoms with Crippen molar-refractivity contribution in [3.63, 3.8) is 0 Å². The number of rotatable bonds is 2. The molecule has 17 heavy (non-hydrogen) atoms. The maximum atomic E-state index is 13.5. The van der Waals surface area contributed by atoms with Gasteiger partial charge in [-0.2, -0.15) is 0 Å². The molecule has 0 bridgehead atoms. The smallest absolute Gasteiger partial charge is 0.146 e. The molecule has 0 fully saturated rings. The van der Waals surface area contributed by atoms with E-state index in [4.69, 9.17) is 11.6 Å². The maximum absolute atomic E-state index is 13.5. The summed E-state index contributed by atoms with van der Waals surface area (Å²) in [6.07, 6.45) is 0. The number of halogens is 2. The molecule has 88 valence electrons. The van der Waals surface area contributed by atoms with Crippen molar-refractivity contribution in [1.29, 1.82) is 0 Å². The molecule has 0 aliphatic carbocycles. The zero-order valence-electron chi connectivity index (χ0n) is 9.46. The lowest BCUT2D eigenvalue weighted by Crippen LogP contribution is -1.99. The van der Waals surface area contributed by atoms with Crippen LogP contribution in [0.2, 0.25) is 5.15 Å². The predicted octanol–water partition coefficient (Wildman–Crippen LogP) is 3.63. The van der Waals surface area contributed by atoms with Crippen LogP contribution in [-0.4, -0.2) is 9.97 Å². The third-order valence-corrected chi connectivity index (χ3v) is 2.38. The second kappa shape index (κ2) is 4.67. The summed E-state index contributed by atoms with van der Waals surface area (Å²) in [6.45, 7) is 3.62. The number of aryl methyl sites for hydroxylation is 2. The predicted molar refractivity (Wildman–Crippen MR) is 66.2 cm³/mol. The Kier molecular flexibility index (Phi) is 3.24. The van der Waals surface area contributed by atoms with Crippen LogP contribution in [0.1, 0.15) is 11.4 Å². The number of benzene rings is 1. The quantitative estimate of drug-likeness (QED) is 0.829. The first kappa shape index (κ1) is 11.8. The summed E-state index contributed by atoms with van der Waals surface area (Å²) >= 11 is 5.80. The van der Waals surface area contributed by atoms with Gasteiger partial charge in [0.25, 0.3) is 0 Å². The molecule has 0 radical (unpaired) electrons. The lowest BCUT2D eigenvalue weighted by atomic mass is 10.2. The lowest BCUT2D eigenvalue weighted by molar-refractivity contribution is 0.631. The van der Waals surface area contributed by atoms with Crippen molar-refractivity contribution < 1.29 is 4.39 Å². The molecule has 0 spiro atoms. The molecule has 0 atom stereocenters. The Morgan fingerprint density at radius 3 is 2.65 bits per heavy atom. The number of anilines is 2. The average Bonchev–Trinajstić information content (AvgIpc) is 2.22. The third-order valence-electron chi connectivity index (χ3n) is 2.19. The van der Waals surface area contributed by atoms with E-state index in [9.17, 15) is 4.39 Å². The minimum absolute atomic E-state index is 0.327. The van der Waals surface area contributed by atoms with Crippen molar-refractivity contribution in [2.75, 3.05) is 5.32 Å². The Bertz CT molecular complexity index is 537. The fourth-order valence-electron chi connectivity index (χ4n) is 1.47. The zero-order chi connectivity index (χ0) is 12.4. The van der Waals surface area contributed by atoms with Crippen LogP contribution in [0.4, 0.5) is 15.9 Å². The minimum Gasteiger partial charge on any atom is -0.338 e. The van der Waals surface area contributed by atoms with Gasteiger partial charge >= 0.3 is 0 Å². The summed E-state index contributed by atoms with van der Waals surface area (Å²) in [5.74, 6) is 0.683. The molecule has 1 aromatic heterocycles. The summed E-state index contributed by atoms with van der Waals surface area (Å²) in [5.41, 5.74) is 1.34. The maximum Gasteiger partial charge on any atom is 0.146 e. The molecule has 0 saturated carbocycles. The Morgan fingerprint density at radius 1 is 1.18 bits per heavy atom. The van der Waals surface area contributed by atoms with Gasteiger partial charge in [0.05, 0.1) is 5.69 Å². The van der Waals surface area contributed by atoms with Crippen molar-refractivity contribution in [2.45, 2.75) is 13.8 Å². The van der Waals surface area contributed by atoms with Gasteiger partial charge in [-0.05, 0) is 31.5 Å². The van der Waals surface area contributed by atoms with Gasteiger partial charge in [0.1, 0.15) is 22.6 Å². The molecule has 1 aromatic carbocycles. The fraction of sp³-hybridized carbons (Fsp3) is 0.167. The molecule has 0 saturated heterocycles. The van der Waals surface area contributed by atoms with Crippen LogP contribution in [0.3, 0.4) is 0 Å². The summed E-state index contributed by atoms with van der Waals surface area (Å²) in [7, 11) is 0. The topological polar surface area (TPSA) is 37.8 Å². The SMILES string of the molecule is Cc1ccc(F)c(Nc2cc(Cl)nc(C)n2)c1. The number of hydrogen-bond donors (Lipinski definition) is 1. The van der Waals surface area contributed by atoms with E-state index in [-0.39, 0.29) is 5.82 Å². The van der Waals surface area contributed by atoms with Gasteiger partial charge in [-0.1, -0.05) is 17.7 Å². The first-order valence-electron chi connectivity index (χ1n) is 5.09. The highest BCUT2D eigenvalue weighted by molar-refractivity contribution is 6.29. The zero-order valence-corrected chi connectivity index (χ0v) is 10.2. The van der Waals surface area contributed by atoms with Crippen LogP contribution in [-0.2, 0) is 0 Å². The highest BCUT2D eigenvalue weighted by Gasteiger charge is 2.05. The van der Waals surface area contributed by atoms with Crippen LogP contribution in [0.25, 0.3) is 0 Å². The van der Waals surface area contributed by atoms with Crippen molar-refractivity contribution in [2.24, 2.45) is 0 Å². The standard InChI is InChI=1S/C12H11ClFN3/c1-7-3-4-9(14)10(5-7)17-12-6-11(13)15-8(2)16-12/h3-6H,1-2H3,(H,15,16,17). The fourth-order valence-corrected chi connectivity index (χ4v) is 1.69. The molecule has 0 aliphatic rings. The van der Waals surface area contributed by atoms with Crippen LogP contribution in [0.5, 0.6) is 0 Å². The van der Waals surface area contributed by atoms with E-state index in [0.29, 0.717) is 22.5 Å². The van der Waals surface area contributed by atoms with Crippen LogP contribution in [0, 0.1) is 19.7 Å². The summed E-state index contributed by atoms with van der Waals surface area (Å²) in [6, 6.07) is 6.38. The monoisotopic (exact) mass is 251 g/mol. The van der Waals surface area contributed by atoms with E-state index in [0.717, 1.165) is 5.56 Å². The Morgan fingerprint density at radius 2 is 1.94 bits per heavy atom. The molecule has 2 rings (SSSR count). The molecule has 3 nitrogen and oxygen atoms in total. The van der Waals surface area contributed by atoms with E-state index in [2.05, 4.69) is 15.3 Å². The van der Waals surface area contributed by atoms with Gasteiger partial charge in [0.2, 0.25) is 0 Å². The van der Waals surface area contributed by atoms with Crippen molar-refractivity contribution in [3.05, 3.63) is 46.6 Å². The van der Waals surface area contributed by atoms with E-state index >= 15 is 0 Å². The third kappa shape index (κ3) is 2.91. The molecule has 5 heteroatoms. The highest BCUT2D eigenvalue weighted by atomic mass is 35.5. The summed E-state index contributed by atoms with van der Waals surface area (Å²) in [4.78, 5) is 8.06. The Balaban J connectivity index is 2.34. The molecule has 1 N–H and O–H groups in total. The van der Waals surface area contributed by atoms with E-state index in [1.807, 2.05) is 6.92 Å². The minimum atomic E-state index is -0.331. The van der Waals surface area contributed by atoms with Crippen molar-refractivity contribution >= 4 is 23.1 Å². The number of hydrogen-bond acceptors (Lipinski definition) is 3. The van der Waals surface area contributed by atoms with E-state index in [1.165, 1.54) is 6.07 Å². The molecular weight excluding hydrogens is 241 g/mol. The van der Waals surface area contributed by atoms with Gasteiger partial charge in [-0.15, -0.1) is 0 Å². The lowest BCUT2D eigenvalue weighted by Gasteiger charge is -2.08. The molecular formula is C12H11ClFN3. The number of nitrogens with zero attached hydrogens (tertiary/aromatic N) is 2. The second-order valence-electron chi connectivity index (χ2n) is 3.73. The second-order valence-corrected chi connectivity index (χ2v) is 4.12. The van der Waals surface area contributed by atoms with Gasteiger partial charge in [0, 0.05) is 6.07 Å². The first-order chi connectivity index (χ1) is 8.04. The van der Waals surface area contributed by atoms with Crippen LogP contribution >= 0.6 is 11.6 Å². The normalized spacial score (nSPS) is 10.4. The molecule has 1 heterocycles. The van der Waals surface area contributed by atoms with Gasteiger partial charge in [-0.3, -0.25) is 0 Å². The summed E-state index contributed by atoms with van der Waals surface area (Å²) in [5, 5.41) is 3.21. The number of aromatic nitrogens is 2. The van der Waals surface area contributed by atoms with Gasteiger partial charge in [-0.25, -0.2) is 14.4 Å². The Hall–Kier alpha value is -1.68. The van der Waals surface area contributed by atoms with Crippen LogP contribution in [0.15, 0.2) is 24.3 Å². The van der Waals surface area contributed by atoms with E-state index in [1.54, 1.807) is 25.1 Å². The number of nitrogens with one attached hydrogen (secondary N) is 1. The van der Waals surface area contributed by atoms with Crippen molar-refractivity contribution in [3.8, 4) is 0 Å². The van der Waals surface area contributed by atoms with Crippen molar-refractivity contribution in [1.82, 2.24) is 9.97 Å².